The van der Waals surface area contributed by atoms with Gasteiger partial charge in [-0.3, -0.25) is 9.59 Å². The van der Waals surface area contributed by atoms with Gasteiger partial charge in [0.25, 0.3) is 0 Å². The summed E-state index contributed by atoms with van der Waals surface area (Å²) in [5.74, 6) is 0.257. The summed E-state index contributed by atoms with van der Waals surface area (Å²) in [5, 5.41) is -0.362. The molecule has 2 nitrogen and oxygen atoms in total. The molecule has 0 aromatic heterocycles. The average Bonchev–Trinajstić information content (AvgIpc) is 1.82. The van der Waals surface area contributed by atoms with Crippen LogP contribution in [0.4, 0.5) is 0 Å². The van der Waals surface area contributed by atoms with Gasteiger partial charge in [-0.25, -0.2) is 0 Å². The molecule has 0 radical (unpaired) electrons. The van der Waals surface area contributed by atoms with Gasteiger partial charge in [-0.2, -0.15) is 0 Å². The molecule has 0 fully saturated rings. The maximum absolute atomic E-state index is 10.4. The molecule has 58 valence electrons. The summed E-state index contributed by atoms with van der Waals surface area (Å²) >= 11 is 6.27. The van der Waals surface area contributed by atoms with Crippen LogP contribution in [0.2, 0.25) is 0 Å². The zero-order chi connectivity index (χ0) is 8.15. The largest absolute Gasteiger partial charge is 0.288 e. The molecule has 0 rings (SSSR count). The Morgan fingerprint density at radius 3 is 2.40 bits per heavy atom. The van der Waals surface area contributed by atoms with Gasteiger partial charge < -0.3 is 0 Å². The van der Waals surface area contributed by atoms with Crippen LogP contribution in [-0.2, 0) is 9.59 Å². The van der Waals surface area contributed by atoms with Gasteiger partial charge in [0.05, 0.1) is 0 Å². The van der Waals surface area contributed by atoms with Crippen LogP contribution < -0.4 is 0 Å². The maximum atomic E-state index is 10.4. The lowest BCUT2D eigenvalue weighted by Gasteiger charge is -2.01. The van der Waals surface area contributed by atoms with Crippen molar-refractivity contribution in [2.24, 2.45) is 5.92 Å². The summed E-state index contributed by atoms with van der Waals surface area (Å²) in [5.41, 5.74) is 0. The molecule has 4 heteroatoms. The van der Waals surface area contributed by atoms with Gasteiger partial charge in [0.1, 0.15) is 0 Å². The fourth-order valence-electron chi connectivity index (χ4n) is 0.308. The fourth-order valence-corrected chi connectivity index (χ4v) is 1.11. The second-order valence-electron chi connectivity index (χ2n) is 2.01. The molecule has 0 saturated heterocycles. The van der Waals surface area contributed by atoms with Crippen LogP contribution in [0.5, 0.6) is 0 Å². The lowest BCUT2D eigenvalue weighted by atomic mass is 10.2. The fraction of sp³-hybridized carbons (Fsp3) is 0.667. The first kappa shape index (κ1) is 9.98. The van der Waals surface area contributed by atoms with E-state index in [4.69, 9.17) is 11.6 Å². The van der Waals surface area contributed by atoms with E-state index >= 15 is 0 Å². The van der Waals surface area contributed by atoms with Crippen LogP contribution in [0.25, 0.3) is 0 Å². The van der Waals surface area contributed by atoms with Gasteiger partial charge in [0, 0.05) is 18.6 Å². The molecule has 10 heavy (non-hydrogen) atoms. The Labute approximate surface area is 69.3 Å². The van der Waals surface area contributed by atoms with E-state index in [9.17, 15) is 9.59 Å². The topological polar surface area (TPSA) is 34.1 Å². The molecule has 0 unspecified atom stereocenters. The molecule has 0 aromatic carbocycles. The minimum absolute atomic E-state index is 0.0183. The summed E-state index contributed by atoms with van der Waals surface area (Å²) in [6.45, 7) is 3.17. The van der Waals surface area contributed by atoms with Crippen molar-refractivity contribution < 1.29 is 9.59 Å². The van der Waals surface area contributed by atoms with Crippen LogP contribution in [0.15, 0.2) is 0 Å². The van der Waals surface area contributed by atoms with Crippen LogP contribution in [0.1, 0.15) is 13.8 Å². The summed E-state index contributed by atoms with van der Waals surface area (Å²) in [6, 6.07) is 0. The number of carbonyl (C=O) groups is 2. The molecule has 0 aromatic rings. The van der Waals surface area contributed by atoms with E-state index in [0.717, 1.165) is 11.8 Å². The first-order chi connectivity index (χ1) is 4.54. The first-order valence-electron chi connectivity index (χ1n) is 2.86. The van der Waals surface area contributed by atoms with E-state index in [1.165, 1.54) is 6.92 Å². The number of halogens is 1. The molecule has 1 atom stereocenters. The molecule has 0 aliphatic carbocycles. The number of thioether (sulfide) groups is 1. The third-order valence-corrected chi connectivity index (χ3v) is 2.37. The minimum atomic E-state index is -0.381. The maximum Gasteiger partial charge on any atom is 0.225 e. The van der Waals surface area contributed by atoms with E-state index < -0.39 is 0 Å². The molecule has 0 bridgehead atoms. The van der Waals surface area contributed by atoms with Crippen molar-refractivity contribution >= 4 is 33.7 Å². The van der Waals surface area contributed by atoms with E-state index in [2.05, 4.69) is 0 Å². The quantitative estimate of drug-likeness (QED) is 0.620. The summed E-state index contributed by atoms with van der Waals surface area (Å²) < 4.78 is 0. The van der Waals surface area contributed by atoms with Gasteiger partial charge in [0.15, 0.2) is 5.12 Å². The second-order valence-corrected chi connectivity index (χ2v) is 3.58. The Kier molecular flexibility index (Phi) is 4.73. The van der Waals surface area contributed by atoms with Gasteiger partial charge in [0.2, 0.25) is 5.24 Å². The highest BCUT2D eigenvalue weighted by Gasteiger charge is 2.10. The highest BCUT2D eigenvalue weighted by molar-refractivity contribution is 8.13. The van der Waals surface area contributed by atoms with Crippen molar-refractivity contribution in [3.63, 3.8) is 0 Å². The van der Waals surface area contributed by atoms with Crippen LogP contribution >= 0.6 is 23.4 Å². The average molecular weight is 181 g/mol. The third kappa shape index (κ3) is 4.82. The molecular formula is C6H9ClO2S. The van der Waals surface area contributed by atoms with Crippen LogP contribution in [0, 0.1) is 5.92 Å². The summed E-state index contributed by atoms with van der Waals surface area (Å²) in [7, 11) is 0. The predicted molar refractivity (Wildman–Crippen MR) is 43.2 cm³/mol. The SMILES string of the molecule is CC(=O)SC[C@@H](C)C(=O)Cl. The monoisotopic (exact) mass is 180 g/mol. The summed E-state index contributed by atoms with van der Waals surface area (Å²) in [4.78, 5) is 20.8. The molecule has 0 heterocycles. The van der Waals surface area contributed by atoms with E-state index in [1.54, 1.807) is 6.92 Å². The van der Waals surface area contributed by atoms with Crippen molar-refractivity contribution in [2.45, 2.75) is 13.8 Å². The van der Waals surface area contributed by atoms with Gasteiger partial charge in [-0.05, 0) is 11.6 Å². The Balaban J connectivity index is 3.49. The Bertz CT molecular complexity index is 147. The van der Waals surface area contributed by atoms with E-state index in [0.29, 0.717) is 5.75 Å². The van der Waals surface area contributed by atoms with Gasteiger partial charge >= 0.3 is 0 Å². The zero-order valence-electron chi connectivity index (χ0n) is 5.89. The molecule has 0 aliphatic heterocycles. The number of rotatable bonds is 3. The van der Waals surface area contributed by atoms with Crippen molar-refractivity contribution in [3.05, 3.63) is 0 Å². The van der Waals surface area contributed by atoms with E-state index in [1.807, 2.05) is 0 Å². The standard InChI is InChI=1S/C6H9ClO2S/c1-4(6(7)9)3-10-5(2)8/h4H,3H2,1-2H3/t4-/m1/s1. The molecule has 0 N–H and O–H groups in total. The Morgan fingerprint density at radius 2 is 2.10 bits per heavy atom. The van der Waals surface area contributed by atoms with Crippen molar-refractivity contribution in [2.75, 3.05) is 5.75 Å². The normalized spacial score (nSPS) is 12.7. The van der Waals surface area contributed by atoms with Gasteiger partial charge in [-0.1, -0.05) is 18.7 Å². The summed E-state index contributed by atoms with van der Waals surface area (Å²) in [6.07, 6.45) is 0. The van der Waals surface area contributed by atoms with Crippen molar-refractivity contribution in [1.82, 2.24) is 0 Å². The highest BCUT2D eigenvalue weighted by atomic mass is 35.5. The molecule has 0 amide bonds. The van der Waals surface area contributed by atoms with E-state index in [-0.39, 0.29) is 16.3 Å². The molecule has 0 spiro atoms. The lowest BCUT2D eigenvalue weighted by molar-refractivity contribution is -0.114. The Morgan fingerprint density at radius 1 is 1.60 bits per heavy atom. The minimum Gasteiger partial charge on any atom is -0.288 e. The van der Waals surface area contributed by atoms with Crippen molar-refractivity contribution in [1.29, 1.82) is 0 Å². The number of carbonyl (C=O) groups excluding carboxylic acids is 2. The molecule has 0 aliphatic rings. The first-order valence-corrected chi connectivity index (χ1v) is 4.23. The van der Waals surface area contributed by atoms with Crippen LogP contribution in [0.3, 0.4) is 0 Å². The van der Waals surface area contributed by atoms with Gasteiger partial charge in [-0.15, -0.1) is 0 Å². The lowest BCUT2D eigenvalue weighted by Crippen LogP contribution is -2.07. The molecular weight excluding hydrogens is 172 g/mol. The number of hydrogen-bond acceptors (Lipinski definition) is 3. The highest BCUT2D eigenvalue weighted by Crippen LogP contribution is 2.10. The molecule has 0 saturated carbocycles. The Hall–Kier alpha value is -0.0200. The van der Waals surface area contributed by atoms with Crippen molar-refractivity contribution in [3.8, 4) is 0 Å². The zero-order valence-corrected chi connectivity index (χ0v) is 7.46. The predicted octanol–water partition coefficient (Wildman–Crippen LogP) is 1.67. The third-order valence-electron chi connectivity index (χ3n) is 0.924. The van der Waals surface area contributed by atoms with Crippen LogP contribution in [-0.4, -0.2) is 16.1 Å². The second kappa shape index (κ2) is 4.74. The smallest absolute Gasteiger partial charge is 0.225 e. The number of hydrogen-bond donors (Lipinski definition) is 0.